The zero-order chi connectivity index (χ0) is 33.1. The summed E-state index contributed by atoms with van der Waals surface area (Å²) < 4.78 is 43.8. The zero-order valence-electron chi connectivity index (χ0n) is 25.9. The zero-order valence-corrected chi connectivity index (χ0v) is 26.7. The van der Waals surface area contributed by atoms with Crippen molar-refractivity contribution in [1.29, 1.82) is 5.26 Å². The van der Waals surface area contributed by atoms with Crippen molar-refractivity contribution in [1.82, 2.24) is 24.9 Å². The van der Waals surface area contributed by atoms with Crippen LogP contribution in [0, 0.1) is 17.2 Å². The van der Waals surface area contributed by atoms with Crippen LogP contribution < -0.4 is 5.43 Å². The van der Waals surface area contributed by atoms with E-state index in [1.807, 2.05) is 47.0 Å². The number of nitrogens with one attached hydrogen (secondary N) is 1. The molecule has 0 aliphatic heterocycles. The molecule has 0 aliphatic rings. The Hall–Kier alpha value is -4.53. The third kappa shape index (κ3) is 9.73. The van der Waals surface area contributed by atoms with Crippen molar-refractivity contribution >= 4 is 23.2 Å². The summed E-state index contributed by atoms with van der Waals surface area (Å²) in [4.78, 5) is 19.9. The second-order valence-electron chi connectivity index (χ2n) is 11.4. The van der Waals surface area contributed by atoms with Crippen LogP contribution in [0.4, 0.5) is 13.2 Å². The molecule has 1 heterocycles. The highest BCUT2D eigenvalue weighted by atomic mass is 32.1. The van der Waals surface area contributed by atoms with Crippen LogP contribution in [0.25, 0.3) is 0 Å². The van der Waals surface area contributed by atoms with Gasteiger partial charge in [-0.25, -0.2) is 15.4 Å². The van der Waals surface area contributed by atoms with E-state index in [-0.39, 0.29) is 29.5 Å². The van der Waals surface area contributed by atoms with Gasteiger partial charge in [0.25, 0.3) is 0 Å². The minimum atomic E-state index is -4.54. The molecule has 0 spiro atoms. The molecular formula is C35H37F3N6OS. The summed E-state index contributed by atoms with van der Waals surface area (Å²) in [6.07, 6.45) is -0.0670. The smallest absolute Gasteiger partial charge is 0.343 e. The molecule has 0 fully saturated rings. The van der Waals surface area contributed by atoms with Crippen molar-refractivity contribution in [3.8, 4) is 6.07 Å². The van der Waals surface area contributed by atoms with Gasteiger partial charge in [-0.3, -0.25) is 4.79 Å². The number of hydrogen-bond donors (Lipinski definition) is 1. The predicted molar refractivity (Wildman–Crippen MR) is 175 cm³/mol. The number of imidazole rings is 1. The number of alkyl halides is 3. The van der Waals surface area contributed by atoms with E-state index in [0.29, 0.717) is 43.2 Å². The number of thiocarbonyl (C=S) groups is 1. The van der Waals surface area contributed by atoms with Gasteiger partial charge in [-0.05, 0) is 65.9 Å². The van der Waals surface area contributed by atoms with Crippen molar-refractivity contribution in [3.63, 3.8) is 0 Å². The van der Waals surface area contributed by atoms with E-state index in [4.69, 9.17) is 17.5 Å². The normalized spacial score (nSPS) is 11.3. The van der Waals surface area contributed by atoms with Crippen molar-refractivity contribution < 1.29 is 18.0 Å². The maximum absolute atomic E-state index is 14.0. The van der Waals surface area contributed by atoms with Gasteiger partial charge in [0.05, 0.1) is 29.9 Å². The third-order valence-electron chi connectivity index (χ3n) is 7.47. The van der Waals surface area contributed by atoms with Gasteiger partial charge in [-0.2, -0.15) is 18.4 Å². The van der Waals surface area contributed by atoms with Crippen molar-refractivity contribution in [3.05, 3.63) is 125 Å². The maximum Gasteiger partial charge on any atom is 0.416 e. The number of halogens is 3. The van der Waals surface area contributed by atoms with E-state index in [1.54, 1.807) is 35.6 Å². The Morgan fingerprint density at radius 1 is 1.02 bits per heavy atom. The molecule has 4 rings (SSSR count). The molecule has 3 aromatic carbocycles. The first kappa shape index (κ1) is 34.3. The number of nitriles is 1. The van der Waals surface area contributed by atoms with Gasteiger partial charge in [0, 0.05) is 38.1 Å². The van der Waals surface area contributed by atoms with Crippen molar-refractivity contribution in [2.45, 2.75) is 52.4 Å². The van der Waals surface area contributed by atoms with Crippen molar-refractivity contribution in [2.24, 2.45) is 5.92 Å². The fraction of sp³-hybridized carbons (Fsp3) is 0.314. The lowest BCUT2D eigenvalue weighted by Gasteiger charge is -2.33. The summed E-state index contributed by atoms with van der Waals surface area (Å²) in [7, 11) is 0. The molecule has 0 saturated heterocycles. The van der Waals surface area contributed by atoms with Gasteiger partial charge >= 0.3 is 6.18 Å². The second kappa shape index (κ2) is 16.2. The van der Waals surface area contributed by atoms with Crippen LogP contribution in [0.2, 0.25) is 0 Å². The maximum atomic E-state index is 14.0. The lowest BCUT2D eigenvalue weighted by atomic mass is 10.1. The molecule has 0 atom stereocenters. The summed E-state index contributed by atoms with van der Waals surface area (Å²) in [5.41, 5.74) is 5.63. The third-order valence-corrected chi connectivity index (χ3v) is 7.91. The highest BCUT2D eigenvalue weighted by Crippen LogP contribution is 2.32. The predicted octanol–water partition coefficient (Wildman–Crippen LogP) is 6.77. The molecule has 1 aromatic heterocycles. The molecule has 240 valence electrons. The van der Waals surface area contributed by atoms with E-state index in [1.165, 1.54) is 17.1 Å². The van der Waals surface area contributed by atoms with Gasteiger partial charge in [0.15, 0.2) is 5.11 Å². The number of carbonyl (C=O) groups excluding carboxylic acids is 1. The molecular weight excluding hydrogens is 609 g/mol. The van der Waals surface area contributed by atoms with Gasteiger partial charge in [-0.15, -0.1) is 0 Å². The first-order valence-corrected chi connectivity index (χ1v) is 15.5. The lowest BCUT2D eigenvalue weighted by Crippen LogP contribution is -2.54. The highest BCUT2D eigenvalue weighted by molar-refractivity contribution is 7.80. The van der Waals surface area contributed by atoms with Gasteiger partial charge in [-0.1, -0.05) is 74.5 Å². The molecule has 11 heteroatoms. The number of benzene rings is 3. The summed E-state index contributed by atoms with van der Waals surface area (Å²) in [6.45, 7) is 5.17. The van der Waals surface area contributed by atoms with Crippen molar-refractivity contribution in [2.75, 3.05) is 13.1 Å². The van der Waals surface area contributed by atoms with Gasteiger partial charge in [0.2, 0.25) is 5.91 Å². The molecule has 1 N–H and O–H groups in total. The molecule has 46 heavy (non-hydrogen) atoms. The summed E-state index contributed by atoms with van der Waals surface area (Å²) in [6, 6.07) is 24.3. The number of carbonyl (C=O) groups is 1. The Labute approximate surface area is 273 Å². The summed E-state index contributed by atoms with van der Waals surface area (Å²) >= 11 is 5.90. The minimum absolute atomic E-state index is 0.0449. The fourth-order valence-electron chi connectivity index (χ4n) is 4.91. The van der Waals surface area contributed by atoms with Crippen LogP contribution >= 0.6 is 12.2 Å². The Kier molecular flexibility index (Phi) is 12.1. The van der Waals surface area contributed by atoms with E-state index in [9.17, 15) is 18.0 Å². The number of nitrogens with zero attached hydrogens (tertiary/aromatic N) is 5. The monoisotopic (exact) mass is 646 g/mol. The van der Waals surface area contributed by atoms with E-state index in [0.717, 1.165) is 23.6 Å². The number of hydrogen-bond acceptors (Lipinski definition) is 5. The Morgan fingerprint density at radius 2 is 1.72 bits per heavy atom. The van der Waals surface area contributed by atoms with Crippen LogP contribution in [-0.2, 0) is 36.9 Å². The summed E-state index contributed by atoms with van der Waals surface area (Å²) in [5, 5.41) is 10.5. The molecule has 7 nitrogen and oxygen atoms in total. The number of amides is 1. The number of hydrazine groups is 1. The average molecular weight is 647 g/mol. The fourth-order valence-corrected chi connectivity index (χ4v) is 5.24. The Morgan fingerprint density at radius 3 is 2.39 bits per heavy atom. The average Bonchev–Trinajstić information content (AvgIpc) is 3.47. The standard InChI is InChI=1S/C35H37F3N6OS/c1-26(2)16-18-41-44(33(45)20-31-22-40-25-43(31)23-29-14-12-28(21-39)13-15-29)34(46)42(19-17-27-8-4-3-5-9-27)24-30-10-6-7-11-32(30)35(36,37)38/h3-15,22,25-26,41H,16-20,23-24H2,1-2H3. The molecule has 1 amide bonds. The minimum Gasteiger partial charge on any atom is -0.343 e. The largest absolute Gasteiger partial charge is 0.416 e. The SMILES string of the molecule is CC(C)CCNN(C(=O)Cc1cncn1Cc1ccc(C#N)cc1)C(=S)N(CCc1ccccc1)Cc1ccccc1C(F)(F)F. The van der Waals surface area contributed by atoms with Crippen LogP contribution in [0.15, 0.2) is 91.4 Å². The molecule has 0 bridgehead atoms. The molecule has 0 radical (unpaired) electrons. The first-order chi connectivity index (χ1) is 22.0. The van der Waals surface area contributed by atoms with E-state index < -0.39 is 11.7 Å². The molecule has 4 aromatic rings. The lowest BCUT2D eigenvalue weighted by molar-refractivity contribution is -0.138. The quantitative estimate of drug-likeness (QED) is 0.128. The number of rotatable bonds is 13. The van der Waals surface area contributed by atoms with E-state index >= 15 is 0 Å². The second-order valence-corrected chi connectivity index (χ2v) is 11.8. The molecule has 0 aliphatic carbocycles. The molecule has 0 saturated carbocycles. The first-order valence-electron chi connectivity index (χ1n) is 15.1. The van der Waals surface area contributed by atoms with Crippen LogP contribution in [0.3, 0.4) is 0 Å². The van der Waals surface area contributed by atoms with Crippen LogP contribution in [0.1, 0.15) is 53.8 Å². The molecule has 0 unspecified atom stereocenters. The van der Waals surface area contributed by atoms with Crippen LogP contribution in [-0.4, -0.2) is 43.6 Å². The Bertz CT molecular complexity index is 1630. The van der Waals surface area contributed by atoms with Crippen LogP contribution in [0.5, 0.6) is 0 Å². The number of aromatic nitrogens is 2. The Balaban J connectivity index is 1.61. The topological polar surface area (TPSA) is 77.2 Å². The van der Waals surface area contributed by atoms with Gasteiger partial charge < -0.3 is 9.47 Å². The highest BCUT2D eigenvalue weighted by Gasteiger charge is 2.34. The van der Waals surface area contributed by atoms with E-state index in [2.05, 4.69) is 30.3 Å². The van der Waals surface area contributed by atoms with Gasteiger partial charge in [0.1, 0.15) is 0 Å². The summed E-state index contributed by atoms with van der Waals surface area (Å²) in [5.74, 6) is -0.0103.